The third-order valence-electron chi connectivity index (χ3n) is 3.59. The summed E-state index contributed by atoms with van der Waals surface area (Å²) < 4.78 is 16.2. The Morgan fingerprint density at radius 3 is 2.90 bits per heavy atom. The number of ether oxygens (including phenoxy) is 3. The van der Waals surface area contributed by atoms with Crippen LogP contribution in [0.4, 0.5) is 0 Å². The molecule has 3 rings (SSSR count). The largest absolute Gasteiger partial charge is 0.454 e. The fraction of sp³-hybridized carbons (Fsp3) is 0.600. The van der Waals surface area contributed by atoms with E-state index in [4.69, 9.17) is 14.2 Å². The maximum Gasteiger partial charge on any atom is 0.231 e. The van der Waals surface area contributed by atoms with E-state index in [0.717, 1.165) is 41.7 Å². The summed E-state index contributed by atoms with van der Waals surface area (Å²) in [7, 11) is 0. The molecule has 1 unspecified atom stereocenters. The quantitative estimate of drug-likeness (QED) is 0.856. The number of aliphatic hydroxyl groups excluding tert-OH is 1. The van der Waals surface area contributed by atoms with E-state index in [0.29, 0.717) is 19.8 Å². The van der Waals surface area contributed by atoms with Gasteiger partial charge in [0.05, 0.1) is 19.3 Å². The minimum Gasteiger partial charge on any atom is -0.454 e. The number of rotatable bonds is 6. The Kier molecular flexibility index (Phi) is 5.24. The number of thioether (sulfide) groups is 1. The zero-order chi connectivity index (χ0) is 14.5. The molecule has 1 aromatic carbocycles. The van der Waals surface area contributed by atoms with Crippen molar-refractivity contribution in [2.75, 3.05) is 44.5 Å². The van der Waals surface area contributed by atoms with Crippen molar-refractivity contribution in [3.05, 3.63) is 23.8 Å². The number of fused-ring (bicyclic) bond motifs is 1. The third kappa shape index (κ3) is 4.26. The molecule has 1 fully saturated rings. The van der Waals surface area contributed by atoms with Crippen LogP contribution in [0.2, 0.25) is 0 Å². The predicted octanol–water partition coefficient (Wildman–Crippen LogP) is 1.34. The van der Waals surface area contributed by atoms with Gasteiger partial charge in [-0.3, -0.25) is 4.90 Å². The highest BCUT2D eigenvalue weighted by Crippen LogP contribution is 2.32. The summed E-state index contributed by atoms with van der Waals surface area (Å²) in [5.41, 5.74) is 1.03. The molecule has 6 heteroatoms. The zero-order valence-corrected chi connectivity index (χ0v) is 12.8. The van der Waals surface area contributed by atoms with Crippen LogP contribution in [0.1, 0.15) is 5.56 Å². The Labute approximate surface area is 129 Å². The number of β-amino-alcohol motifs (C(OH)–C–C–N with tert-alkyl or cyclic N) is 1. The van der Waals surface area contributed by atoms with Gasteiger partial charge in [-0.25, -0.2) is 0 Å². The fourth-order valence-electron chi connectivity index (χ4n) is 2.48. The van der Waals surface area contributed by atoms with Crippen molar-refractivity contribution in [2.45, 2.75) is 12.7 Å². The van der Waals surface area contributed by atoms with Crippen molar-refractivity contribution in [1.29, 1.82) is 0 Å². The molecule has 0 spiro atoms. The van der Waals surface area contributed by atoms with Gasteiger partial charge in [-0.2, -0.15) is 11.8 Å². The highest BCUT2D eigenvalue weighted by molar-refractivity contribution is 7.99. The topological polar surface area (TPSA) is 51.2 Å². The first-order chi connectivity index (χ1) is 10.3. The molecule has 1 N–H and O–H groups in total. The van der Waals surface area contributed by atoms with Crippen LogP contribution in [0.25, 0.3) is 0 Å². The molecule has 2 aliphatic rings. The molecule has 0 aromatic heterocycles. The highest BCUT2D eigenvalue weighted by atomic mass is 32.2. The molecular formula is C15H21NO4S. The molecule has 0 aliphatic carbocycles. The monoisotopic (exact) mass is 311 g/mol. The number of hydrogen-bond acceptors (Lipinski definition) is 6. The normalized spacial score (nSPS) is 19.7. The van der Waals surface area contributed by atoms with E-state index in [-0.39, 0.29) is 6.79 Å². The summed E-state index contributed by atoms with van der Waals surface area (Å²) in [6, 6.07) is 5.78. The molecule has 21 heavy (non-hydrogen) atoms. The van der Waals surface area contributed by atoms with Crippen LogP contribution < -0.4 is 9.47 Å². The molecule has 0 bridgehead atoms. The Bertz CT molecular complexity index is 465. The molecule has 1 saturated heterocycles. The molecule has 1 aromatic rings. The summed E-state index contributed by atoms with van der Waals surface area (Å²) in [5.74, 6) is 3.86. The van der Waals surface area contributed by atoms with Crippen LogP contribution in [0, 0.1) is 0 Å². The van der Waals surface area contributed by atoms with Crippen LogP contribution in [0.3, 0.4) is 0 Å². The average Bonchev–Trinajstić information content (AvgIpc) is 2.96. The summed E-state index contributed by atoms with van der Waals surface area (Å²) in [5, 5.41) is 10.0. The summed E-state index contributed by atoms with van der Waals surface area (Å²) in [6.07, 6.45) is -0.429. The molecule has 1 atom stereocenters. The predicted molar refractivity (Wildman–Crippen MR) is 82.0 cm³/mol. The van der Waals surface area contributed by atoms with Gasteiger partial charge in [0.2, 0.25) is 6.79 Å². The second-order valence-corrected chi connectivity index (χ2v) is 6.49. The van der Waals surface area contributed by atoms with Crippen molar-refractivity contribution < 1.29 is 19.3 Å². The van der Waals surface area contributed by atoms with E-state index in [9.17, 15) is 5.11 Å². The lowest BCUT2D eigenvalue weighted by atomic mass is 10.2. The minimum absolute atomic E-state index is 0.284. The van der Waals surface area contributed by atoms with E-state index >= 15 is 0 Å². The summed E-state index contributed by atoms with van der Waals surface area (Å²) >= 11 is 1.97. The van der Waals surface area contributed by atoms with E-state index in [1.165, 1.54) is 0 Å². The maximum absolute atomic E-state index is 10.0. The molecule has 0 amide bonds. The lowest BCUT2D eigenvalue weighted by Crippen LogP contribution is -2.39. The number of benzene rings is 1. The molecule has 116 valence electrons. The summed E-state index contributed by atoms with van der Waals surface area (Å²) in [4.78, 5) is 2.30. The second kappa shape index (κ2) is 7.35. The summed E-state index contributed by atoms with van der Waals surface area (Å²) in [6.45, 7) is 3.93. The van der Waals surface area contributed by atoms with Crippen molar-refractivity contribution in [3.8, 4) is 11.5 Å². The van der Waals surface area contributed by atoms with Gasteiger partial charge >= 0.3 is 0 Å². The lowest BCUT2D eigenvalue weighted by molar-refractivity contribution is 0.0114. The van der Waals surface area contributed by atoms with Crippen molar-refractivity contribution in [1.82, 2.24) is 4.90 Å². The average molecular weight is 311 g/mol. The van der Waals surface area contributed by atoms with Crippen LogP contribution >= 0.6 is 11.8 Å². The van der Waals surface area contributed by atoms with Crippen molar-refractivity contribution in [3.63, 3.8) is 0 Å². The molecule has 2 heterocycles. The Hall–Kier alpha value is -0.950. The van der Waals surface area contributed by atoms with Crippen LogP contribution in [-0.4, -0.2) is 60.7 Å². The van der Waals surface area contributed by atoms with Crippen molar-refractivity contribution >= 4 is 11.8 Å². The van der Waals surface area contributed by atoms with Gasteiger partial charge in [0.15, 0.2) is 11.5 Å². The molecular weight excluding hydrogens is 290 g/mol. The first kappa shape index (κ1) is 15.0. The van der Waals surface area contributed by atoms with Crippen LogP contribution in [0.15, 0.2) is 18.2 Å². The van der Waals surface area contributed by atoms with E-state index in [1.54, 1.807) is 0 Å². The number of hydrogen-bond donors (Lipinski definition) is 1. The first-order valence-corrected chi connectivity index (χ1v) is 8.41. The maximum atomic E-state index is 10.0. The third-order valence-corrected chi connectivity index (χ3v) is 4.53. The smallest absolute Gasteiger partial charge is 0.231 e. The minimum atomic E-state index is -0.429. The molecule has 0 radical (unpaired) electrons. The van der Waals surface area contributed by atoms with Crippen LogP contribution in [-0.2, 0) is 11.3 Å². The standard InChI is InChI=1S/C15H21NO4S/c17-13(8-16-3-5-21-6-4-16)10-18-9-12-1-2-14-15(7-12)20-11-19-14/h1-2,7,13,17H,3-6,8-11H2. The van der Waals surface area contributed by atoms with Gasteiger partial charge in [0, 0.05) is 31.1 Å². The van der Waals surface area contributed by atoms with Gasteiger partial charge in [0.25, 0.3) is 0 Å². The molecule has 2 aliphatic heterocycles. The highest BCUT2D eigenvalue weighted by Gasteiger charge is 2.16. The number of nitrogens with zero attached hydrogens (tertiary/aromatic N) is 1. The van der Waals surface area contributed by atoms with E-state index in [1.807, 2.05) is 30.0 Å². The first-order valence-electron chi connectivity index (χ1n) is 7.26. The Balaban J connectivity index is 1.39. The van der Waals surface area contributed by atoms with Gasteiger partial charge in [-0.15, -0.1) is 0 Å². The van der Waals surface area contributed by atoms with Gasteiger partial charge < -0.3 is 19.3 Å². The molecule has 5 nitrogen and oxygen atoms in total. The van der Waals surface area contributed by atoms with Crippen LogP contribution in [0.5, 0.6) is 11.5 Å². The Morgan fingerprint density at radius 2 is 2.05 bits per heavy atom. The van der Waals surface area contributed by atoms with Crippen molar-refractivity contribution in [2.24, 2.45) is 0 Å². The lowest BCUT2D eigenvalue weighted by Gasteiger charge is -2.28. The zero-order valence-electron chi connectivity index (χ0n) is 12.0. The molecule has 0 saturated carbocycles. The second-order valence-electron chi connectivity index (χ2n) is 5.27. The fourth-order valence-corrected chi connectivity index (χ4v) is 3.46. The van der Waals surface area contributed by atoms with E-state index in [2.05, 4.69) is 4.90 Å². The van der Waals surface area contributed by atoms with Gasteiger partial charge in [0.1, 0.15) is 0 Å². The van der Waals surface area contributed by atoms with E-state index < -0.39 is 6.10 Å². The Morgan fingerprint density at radius 1 is 1.24 bits per heavy atom. The van der Waals surface area contributed by atoms with Gasteiger partial charge in [-0.05, 0) is 17.7 Å². The number of aliphatic hydroxyl groups is 1. The SMILES string of the molecule is OC(COCc1ccc2c(c1)OCO2)CN1CCSCC1. The van der Waals surface area contributed by atoms with Gasteiger partial charge in [-0.1, -0.05) is 6.07 Å².